The van der Waals surface area contributed by atoms with E-state index in [1.54, 1.807) is 14.2 Å². The third-order valence-corrected chi connectivity index (χ3v) is 0.760. The molecule has 0 amide bonds. The number of rotatable bonds is 4. The van der Waals surface area contributed by atoms with Gasteiger partial charge in [-0.15, -0.1) is 0 Å². The van der Waals surface area contributed by atoms with Crippen molar-refractivity contribution in [2.75, 3.05) is 27.8 Å². The Balaban J connectivity index is 0. The largest absolute Gasteiger partial charge is 0.428 e. The van der Waals surface area contributed by atoms with Gasteiger partial charge in [-0.1, -0.05) is 0 Å². The fraction of sp³-hybridized carbons (Fsp3) is 0.750. The summed E-state index contributed by atoms with van der Waals surface area (Å²) in [6.45, 7) is 2.58. The second-order valence-electron chi connectivity index (χ2n) is 2.08. The maximum atomic E-state index is 10.0. The van der Waals surface area contributed by atoms with Crippen molar-refractivity contribution in [3.63, 3.8) is 0 Å². The molecule has 0 spiro atoms. The van der Waals surface area contributed by atoms with Crippen molar-refractivity contribution >= 4 is 11.9 Å². The van der Waals surface area contributed by atoms with Crippen LogP contribution in [0.2, 0.25) is 0 Å². The topological polar surface area (TPSA) is 71.1 Å². The molecule has 0 aromatic rings. The molecule has 0 unspecified atom stereocenters. The minimum Gasteiger partial charge on any atom is -0.428 e. The smallest absolute Gasteiger partial charge is 0.305 e. The first kappa shape index (κ1) is 15.3. The Labute approximate surface area is 83.1 Å². The molecule has 6 heteroatoms. The SMILES string of the molecule is CC(=O)OCOC(C)=O.COCOC. The van der Waals surface area contributed by atoms with Crippen molar-refractivity contribution < 1.29 is 28.5 Å². The van der Waals surface area contributed by atoms with E-state index in [1.807, 2.05) is 0 Å². The van der Waals surface area contributed by atoms with E-state index in [4.69, 9.17) is 0 Å². The van der Waals surface area contributed by atoms with Crippen LogP contribution in [0.4, 0.5) is 0 Å². The highest BCUT2D eigenvalue weighted by atomic mass is 16.7. The Hall–Kier alpha value is -1.14. The highest BCUT2D eigenvalue weighted by molar-refractivity contribution is 5.67. The summed E-state index contributed by atoms with van der Waals surface area (Å²) in [7, 11) is 3.17. The van der Waals surface area contributed by atoms with Crippen molar-refractivity contribution in [2.45, 2.75) is 13.8 Å². The first-order valence-electron chi connectivity index (χ1n) is 3.79. The summed E-state index contributed by atoms with van der Waals surface area (Å²) >= 11 is 0. The number of carbonyl (C=O) groups excluding carboxylic acids is 2. The minimum absolute atomic E-state index is 0.287. The zero-order valence-electron chi connectivity index (χ0n) is 8.86. The van der Waals surface area contributed by atoms with E-state index in [-0.39, 0.29) is 6.79 Å². The Morgan fingerprint density at radius 1 is 0.857 bits per heavy atom. The summed E-state index contributed by atoms with van der Waals surface area (Å²) in [5, 5.41) is 0. The Bertz CT molecular complexity index is 140. The molecular formula is C8H16O6. The highest BCUT2D eigenvalue weighted by Crippen LogP contribution is 1.79. The highest BCUT2D eigenvalue weighted by Gasteiger charge is 1.93. The fourth-order valence-corrected chi connectivity index (χ4v) is 0.313. The monoisotopic (exact) mass is 208 g/mol. The van der Waals surface area contributed by atoms with Gasteiger partial charge in [-0.05, 0) is 0 Å². The van der Waals surface area contributed by atoms with Crippen molar-refractivity contribution in [1.29, 1.82) is 0 Å². The van der Waals surface area contributed by atoms with Gasteiger partial charge in [0.2, 0.25) is 6.79 Å². The van der Waals surface area contributed by atoms with Crippen LogP contribution in [0.15, 0.2) is 0 Å². The standard InChI is InChI=1S/C5H8O4.C3H8O2/c1-4(6)8-3-9-5(2)7;1-4-3-5-2/h3H2,1-2H3;3H2,1-2H3. The number of hydrogen-bond donors (Lipinski definition) is 0. The zero-order valence-corrected chi connectivity index (χ0v) is 8.86. The van der Waals surface area contributed by atoms with Crippen LogP contribution < -0.4 is 0 Å². The van der Waals surface area contributed by atoms with E-state index in [0.717, 1.165) is 0 Å². The Morgan fingerprint density at radius 3 is 1.36 bits per heavy atom. The Morgan fingerprint density at radius 2 is 1.21 bits per heavy atom. The van der Waals surface area contributed by atoms with E-state index in [2.05, 4.69) is 18.9 Å². The second-order valence-corrected chi connectivity index (χ2v) is 2.08. The van der Waals surface area contributed by atoms with Gasteiger partial charge in [-0.25, -0.2) is 0 Å². The van der Waals surface area contributed by atoms with Gasteiger partial charge in [0.05, 0.1) is 0 Å². The third kappa shape index (κ3) is 22.4. The molecule has 0 aliphatic heterocycles. The predicted molar refractivity (Wildman–Crippen MR) is 47.3 cm³/mol. The van der Waals surface area contributed by atoms with Crippen LogP contribution >= 0.6 is 0 Å². The van der Waals surface area contributed by atoms with Crippen LogP contribution in [0.3, 0.4) is 0 Å². The van der Waals surface area contributed by atoms with Gasteiger partial charge >= 0.3 is 11.9 Å². The molecule has 0 N–H and O–H groups in total. The van der Waals surface area contributed by atoms with Crippen LogP contribution in [0.5, 0.6) is 0 Å². The van der Waals surface area contributed by atoms with E-state index >= 15 is 0 Å². The van der Waals surface area contributed by atoms with Crippen LogP contribution in [0.1, 0.15) is 13.8 Å². The normalized spacial score (nSPS) is 8.29. The molecule has 0 aromatic heterocycles. The molecule has 6 nitrogen and oxygen atoms in total. The molecule has 0 atom stereocenters. The van der Waals surface area contributed by atoms with Gasteiger partial charge in [0.25, 0.3) is 0 Å². The van der Waals surface area contributed by atoms with Gasteiger partial charge in [-0.3, -0.25) is 9.59 Å². The lowest BCUT2D eigenvalue weighted by Gasteiger charge is -1.99. The lowest BCUT2D eigenvalue weighted by Crippen LogP contribution is -2.07. The van der Waals surface area contributed by atoms with Gasteiger partial charge in [0, 0.05) is 28.1 Å². The summed E-state index contributed by atoms with van der Waals surface area (Å²) in [6, 6.07) is 0. The number of esters is 2. The summed E-state index contributed by atoms with van der Waals surface area (Å²) in [6.07, 6.45) is 0. The molecule has 0 fully saturated rings. The van der Waals surface area contributed by atoms with Gasteiger partial charge < -0.3 is 18.9 Å². The molecule has 0 heterocycles. The summed E-state index contributed by atoms with van der Waals surface area (Å²) in [4.78, 5) is 20.0. The molecule has 0 bridgehead atoms. The van der Waals surface area contributed by atoms with Crippen LogP contribution in [-0.4, -0.2) is 39.7 Å². The third-order valence-electron chi connectivity index (χ3n) is 0.760. The number of hydrogen-bond acceptors (Lipinski definition) is 6. The lowest BCUT2D eigenvalue weighted by molar-refractivity contribution is -0.163. The maximum Gasteiger partial charge on any atom is 0.305 e. The van der Waals surface area contributed by atoms with Crippen molar-refractivity contribution in [1.82, 2.24) is 0 Å². The second kappa shape index (κ2) is 11.9. The quantitative estimate of drug-likeness (QED) is 0.489. The van der Waals surface area contributed by atoms with Crippen molar-refractivity contribution in [3.8, 4) is 0 Å². The molecule has 0 radical (unpaired) electrons. The van der Waals surface area contributed by atoms with Crippen LogP contribution in [0.25, 0.3) is 0 Å². The number of carbonyl (C=O) groups is 2. The first-order chi connectivity index (χ1) is 6.54. The van der Waals surface area contributed by atoms with E-state index in [0.29, 0.717) is 6.79 Å². The molecule has 0 saturated carbocycles. The van der Waals surface area contributed by atoms with Crippen LogP contribution in [0, 0.1) is 0 Å². The zero-order chi connectivity index (χ0) is 11.4. The van der Waals surface area contributed by atoms with Crippen molar-refractivity contribution in [2.24, 2.45) is 0 Å². The van der Waals surface area contributed by atoms with E-state index in [9.17, 15) is 9.59 Å². The molecular weight excluding hydrogens is 192 g/mol. The maximum absolute atomic E-state index is 10.0. The van der Waals surface area contributed by atoms with E-state index < -0.39 is 11.9 Å². The number of ether oxygens (including phenoxy) is 4. The van der Waals surface area contributed by atoms with Gasteiger partial charge in [-0.2, -0.15) is 0 Å². The fourth-order valence-electron chi connectivity index (χ4n) is 0.313. The molecule has 84 valence electrons. The molecule has 0 rings (SSSR count). The summed E-state index contributed by atoms with van der Waals surface area (Å²) in [5.74, 6) is -0.924. The Kier molecular flexibility index (Phi) is 13.0. The predicted octanol–water partition coefficient (Wildman–Crippen LogP) is 0.307. The number of methoxy groups -OCH3 is 2. The van der Waals surface area contributed by atoms with E-state index in [1.165, 1.54) is 13.8 Å². The molecule has 0 aliphatic carbocycles. The summed E-state index contributed by atoms with van der Waals surface area (Å²) in [5.41, 5.74) is 0. The van der Waals surface area contributed by atoms with Crippen LogP contribution in [-0.2, 0) is 28.5 Å². The average Bonchev–Trinajstić information content (AvgIpc) is 2.05. The summed E-state index contributed by atoms with van der Waals surface area (Å²) < 4.78 is 17.5. The molecule has 14 heavy (non-hydrogen) atoms. The first-order valence-corrected chi connectivity index (χ1v) is 3.79. The van der Waals surface area contributed by atoms with Gasteiger partial charge in [0.1, 0.15) is 6.79 Å². The molecule has 0 aliphatic rings. The minimum atomic E-state index is -0.462. The average molecular weight is 208 g/mol. The van der Waals surface area contributed by atoms with Crippen molar-refractivity contribution in [3.05, 3.63) is 0 Å². The molecule has 0 saturated heterocycles. The van der Waals surface area contributed by atoms with Gasteiger partial charge in [0.15, 0.2) is 0 Å². The molecule has 0 aromatic carbocycles. The lowest BCUT2D eigenvalue weighted by atomic mass is 10.8.